The summed E-state index contributed by atoms with van der Waals surface area (Å²) in [4.78, 5) is 0. The van der Waals surface area contributed by atoms with Gasteiger partial charge >= 0.3 is 0 Å². The Balaban J connectivity index is 1.29. The van der Waals surface area contributed by atoms with Crippen LogP contribution < -0.4 is 0 Å². The largest absolute Gasteiger partial charge is 0.0616 e. The molecule has 0 aliphatic heterocycles. The molecule has 0 atom stereocenters. The minimum absolute atomic E-state index is 1.22. The maximum absolute atomic E-state index is 2.46. The van der Waals surface area contributed by atoms with Crippen LogP contribution in [0.1, 0.15) is 0 Å². The van der Waals surface area contributed by atoms with Crippen molar-refractivity contribution in [1.82, 2.24) is 0 Å². The van der Waals surface area contributed by atoms with Gasteiger partial charge in [-0.05, 0) is 127 Å². The maximum atomic E-state index is 2.46. The first-order valence-corrected chi connectivity index (χ1v) is 18.8. The molecule has 0 fully saturated rings. The van der Waals surface area contributed by atoms with Crippen molar-refractivity contribution in [2.45, 2.75) is 0 Å². The first-order chi connectivity index (χ1) is 26.8. The minimum Gasteiger partial charge on any atom is -0.0616 e. The lowest BCUT2D eigenvalue weighted by Gasteiger charge is -2.22. The first kappa shape index (κ1) is 30.6. The van der Waals surface area contributed by atoms with E-state index in [2.05, 4.69) is 206 Å². The number of benzene rings is 11. The highest BCUT2D eigenvalue weighted by Gasteiger charge is 2.21. The van der Waals surface area contributed by atoms with E-state index >= 15 is 0 Å². The highest BCUT2D eigenvalue weighted by Crippen LogP contribution is 2.49. The summed E-state index contributed by atoms with van der Waals surface area (Å²) in [5, 5.41) is 15.1. The summed E-state index contributed by atoms with van der Waals surface area (Å²) in [5.41, 5.74) is 9.96. The van der Waals surface area contributed by atoms with Crippen LogP contribution in [0.25, 0.3) is 109 Å². The molecule has 0 aliphatic carbocycles. The van der Waals surface area contributed by atoms with Gasteiger partial charge in [0.2, 0.25) is 0 Å². The van der Waals surface area contributed by atoms with Gasteiger partial charge in [-0.15, -0.1) is 0 Å². The molecule has 250 valence electrons. The summed E-state index contributed by atoms with van der Waals surface area (Å²) in [5.74, 6) is 0. The third-order valence-corrected chi connectivity index (χ3v) is 11.4. The predicted molar refractivity (Wildman–Crippen MR) is 233 cm³/mol. The second-order valence-electron chi connectivity index (χ2n) is 14.4. The number of rotatable bonds is 4. The van der Waals surface area contributed by atoms with Gasteiger partial charge < -0.3 is 0 Å². The molecule has 11 aromatic rings. The van der Waals surface area contributed by atoms with Crippen LogP contribution in [0.3, 0.4) is 0 Å². The summed E-state index contributed by atoms with van der Waals surface area (Å²) in [6.45, 7) is 0. The smallest absolute Gasteiger partial charge is 0.00197 e. The van der Waals surface area contributed by atoms with Gasteiger partial charge in [-0.1, -0.05) is 188 Å². The zero-order valence-electron chi connectivity index (χ0n) is 29.6. The molecule has 0 aliphatic rings. The van der Waals surface area contributed by atoms with Crippen LogP contribution in [0.5, 0.6) is 0 Å². The SMILES string of the molecule is c1ccc(-c2c3ccccc3c(-c3cc4ccccc4c4ccccc34)c3cc(-c4cccc5ccccc45)ccc23)c(-c2ccc3ccccc3c2)c1. The molecule has 0 saturated heterocycles. The van der Waals surface area contributed by atoms with Crippen LogP contribution in [0.15, 0.2) is 206 Å². The van der Waals surface area contributed by atoms with E-state index in [1.54, 1.807) is 0 Å². The van der Waals surface area contributed by atoms with Crippen molar-refractivity contribution < 1.29 is 0 Å². The quantitative estimate of drug-likeness (QED) is 0.128. The molecule has 0 radical (unpaired) electrons. The van der Waals surface area contributed by atoms with Crippen molar-refractivity contribution in [1.29, 1.82) is 0 Å². The molecule has 0 aromatic heterocycles. The van der Waals surface area contributed by atoms with E-state index in [-0.39, 0.29) is 0 Å². The topological polar surface area (TPSA) is 0 Å². The molecule has 0 saturated carbocycles. The summed E-state index contributed by atoms with van der Waals surface area (Å²) in [6.07, 6.45) is 0. The van der Waals surface area contributed by atoms with Crippen LogP contribution >= 0.6 is 0 Å². The highest BCUT2D eigenvalue weighted by molar-refractivity contribution is 6.27. The van der Waals surface area contributed by atoms with Gasteiger partial charge in [0.05, 0.1) is 0 Å². The van der Waals surface area contributed by atoms with Crippen LogP contribution in [0.4, 0.5) is 0 Å². The molecule has 0 bridgehead atoms. The van der Waals surface area contributed by atoms with Gasteiger partial charge in [-0.25, -0.2) is 0 Å². The zero-order chi connectivity index (χ0) is 35.6. The Morgan fingerprint density at radius 2 is 0.685 bits per heavy atom. The van der Waals surface area contributed by atoms with E-state index in [1.807, 2.05) is 0 Å². The van der Waals surface area contributed by atoms with Gasteiger partial charge in [0.25, 0.3) is 0 Å². The van der Waals surface area contributed by atoms with Crippen LogP contribution in [-0.4, -0.2) is 0 Å². The van der Waals surface area contributed by atoms with E-state index in [1.165, 1.54) is 109 Å². The summed E-state index contributed by atoms with van der Waals surface area (Å²) in [6, 6.07) is 76.3. The van der Waals surface area contributed by atoms with E-state index in [0.717, 1.165) is 0 Å². The molecule has 54 heavy (non-hydrogen) atoms. The minimum atomic E-state index is 1.22. The summed E-state index contributed by atoms with van der Waals surface area (Å²) < 4.78 is 0. The average molecular weight is 683 g/mol. The fraction of sp³-hybridized carbons (Fsp3) is 0. The Bertz CT molecular complexity index is 3270. The Morgan fingerprint density at radius 3 is 1.48 bits per heavy atom. The molecule has 0 heterocycles. The molecule has 0 amide bonds. The molecule has 0 heteroatoms. The lowest BCUT2D eigenvalue weighted by atomic mass is 9.81. The molecule has 0 spiro atoms. The monoisotopic (exact) mass is 682 g/mol. The molecule has 11 rings (SSSR count). The van der Waals surface area contributed by atoms with E-state index < -0.39 is 0 Å². The first-order valence-electron chi connectivity index (χ1n) is 18.8. The standard InChI is InChI=1S/C54H34/c1-2-16-37-32-39(29-28-35(37)14-1)44-21-7-10-24-47(44)53-48-25-11-12-26-49(48)54(51-33-38-17-4-6-20-43(38)45-22-8-9-23-46(45)51)52-34-40(30-31-50(52)53)42-27-13-18-36-15-3-5-19-41(36)42/h1-34H. The van der Waals surface area contributed by atoms with E-state index in [9.17, 15) is 0 Å². The van der Waals surface area contributed by atoms with Crippen molar-refractivity contribution in [3.63, 3.8) is 0 Å². The highest BCUT2D eigenvalue weighted by atomic mass is 14.2. The van der Waals surface area contributed by atoms with E-state index in [0.29, 0.717) is 0 Å². The van der Waals surface area contributed by atoms with Crippen molar-refractivity contribution in [3.05, 3.63) is 206 Å². The second kappa shape index (κ2) is 12.3. The normalized spacial score (nSPS) is 11.7. The lowest BCUT2D eigenvalue weighted by molar-refractivity contribution is 1.62. The summed E-state index contributed by atoms with van der Waals surface area (Å²) in [7, 11) is 0. The molecule has 0 N–H and O–H groups in total. The van der Waals surface area contributed by atoms with Gasteiger partial charge in [0.15, 0.2) is 0 Å². The van der Waals surface area contributed by atoms with E-state index in [4.69, 9.17) is 0 Å². The third kappa shape index (κ3) is 4.78. The summed E-state index contributed by atoms with van der Waals surface area (Å²) >= 11 is 0. The van der Waals surface area contributed by atoms with Crippen LogP contribution in [0.2, 0.25) is 0 Å². The molecular weight excluding hydrogens is 649 g/mol. The third-order valence-electron chi connectivity index (χ3n) is 11.4. The van der Waals surface area contributed by atoms with Crippen molar-refractivity contribution in [2.24, 2.45) is 0 Å². The Labute approximate surface area is 314 Å². The van der Waals surface area contributed by atoms with Crippen LogP contribution in [-0.2, 0) is 0 Å². The van der Waals surface area contributed by atoms with Crippen molar-refractivity contribution >= 4 is 64.6 Å². The van der Waals surface area contributed by atoms with Gasteiger partial charge in [0, 0.05) is 0 Å². The predicted octanol–water partition coefficient (Wildman–Crippen LogP) is 15.3. The van der Waals surface area contributed by atoms with Gasteiger partial charge in [-0.2, -0.15) is 0 Å². The Morgan fingerprint density at radius 1 is 0.185 bits per heavy atom. The number of hydrogen-bond donors (Lipinski definition) is 0. The fourth-order valence-electron chi connectivity index (χ4n) is 8.97. The van der Waals surface area contributed by atoms with Gasteiger partial charge in [0.1, 0.15) is 0 Å². The molecule has 0 unspecified atom stereocenters. The average Bonchev–Trinajstić information content (AvgIpc) is 3.25. The van der Waals surface area contributed by atoms with Crippen molar-refractivity contribution in [3.8, 4) is 44.5 Å². The van der Waals surface area contributed by atoms with Crippen molar-refractivity contribution in [2.75, 3.05) is 0 Å². The van der Waals surface area contributed by atoms with Gasteiger partial charge in [-0.3, -0.25) is 0 Å². The Hall–Kier alpha value is -7.02. The molecule has 0 nitrogen and oxygen atoms in total. The maximum Gasteiger partial charge on any atom is -0.00197 e. The number of hydrogen-bond acceptors (Lipinski definition) is 0. The number of fused-ring (bicyclic) bond motifs is 7. The van der Waals surface area contributed by atoms with Crippen LogP contribution in [0, 0.1) is 0 Å². The fourth-order valence-corrected chi connectivity index (χ4v) is 8.97. The second-order valence-corrected chi connectivity index (χ2v) is 14.4. The zero-order valence-corrected chi connectivity index (χ0v) is 29.6. The lowest BCUT2D eigenvalue weighted by Crippen LogP contribution is -1.94. The molecular formula is C54H34. The molecule has 11 aromatic carbocycles. The Kier molecular flexibility index (Phi) is 6.97.